The summed E-state index contributed by atoms with van der Waals surface area (Å²) in [7, 11) is 0. The SMILES string of the molecule is Nc1nc(SC[C@H]2CCc3ccccc32)n[nH]1. The number of nitrogen functional groups attached to an aromatic ring is 1. The lowest BCUT2D eigenvalue weighted by molar-refractivity contribution is 0.755. The van der Waals surface area contributed by atoms with Crippen LogP contribution in [0.1, 0.15) is 23.5 Å². The highest BCUT2D eigenvalue weighted by atomic mass is 32.2. The number of H-pyrrole nitrogens is 1. The summed E-state index contributed by atoms with van der Waals surface area (Å²) in [5, 5.41) is 7.44. The number of aromatic amines is 1. The van der Waals surface area contributed by atoms with Crippen LogP contribution in [-0.4, -0.2) is 20.9 Å². The molecule has 5 heteroatoms. The van der Waals surface area contributed by atoms with Gasteiger partial charge >= 0.3 is 0 Å². The quantitative estimate of drug-likeness (QED) is 0.815. The Bertz CT molecular complexity index is 523. The van der Waals surface area contributed by atoms with Gasteiger partial charge in [-0.3, -0.25) is 0 Å². The molecule has 1 aromatic carbocycles. The van der Waals surface area contributed by atoms with Crippen molar-refractivity contribution in [3.8, 4) is 0 Å². The number of fused-ring (bicyclic) bond motifs is 1. The number of thioether (sulfide) groups is 1. The van der Waals surface area contributed by atoms with Crippen LogP contribution in [0.3, 0.4) is 0 Å². The minimum atomic E-state index is 0.388. The van der Waals surface area contributed by atoms with Crippen LogP contribution in [-0.2, 0) is 6.42 Å². The molecule has 3 rings (SSSR count). The van der Waals surface area contributed by atoms with Crippen molar-refractivity contribution in [3.63, 3.8) is 0 Å². The number of nitrogens with two attached hydrogens (primary N) is 1. The van der Waals surface area contributed by atoms with E-state index in [2.05, 4.69) is 39.4 Å². The summed E-state index contributed by atoms with van der Waals surface area (Å²) in [6.07, 6.45) is 2.42. The van der Waals surface area contributed by atoms with Gasteiger partial charge in [-0.2, -0.15) is 4.98 Å². The predicted molar refractivity (Wildman–Crippen MR) is 69.0 cm³/mol. The van der Waals surface area contributed by atoms with E-state index >= 15 is 0 Å². The fourth-order valence-electron chi connectivity index (χ4n) is 2.32. The first kappa shape index (κ1) is 10.7. The lowest BCUT2D eigenvalue weighted by atomic mass is 10.0. The van der Waals surface area contributed by atoms with Gasteiger partial charge in [-0.15, -0.1) is 5.10 Å². The number of anilines is 1. The average Bonchev–Trinajstić information content (AvgIpc) is 2.93. The van der Waals surface area contributed by atoms with Crippen molar-refractivity contribution < 1.29 is 0 Å². The first-order valence-corrected chi connectivity index (χ1v) is 6.70. The van der Waals surface area contributed by atoms with Gasteiger partial charge in [0.15, 0.2) is 0 Å². The van der Waals surface area contributed by atoms with Gasteiger partial charge in [0.1, 0.15) is 0 Å². The maximum atomic E-state index is 5.50. The number of rotatable bonds is 3. The Balaban J connectivity index is 1.68. The predicted octanol–water partition coefficient (Wildman–Crippen LogP) is 2.21. The maximum Gasteiger partial charge on any atom is 0.216 e. The van der Waals surface area contributed by atoms with E-state index in [1.54, 1.807) is 11.8 Å². The zero-order valence-electron chi connectivity index (χ0n) is 9.39. The first-order valence-electron chi connectivity index (χ1n) is 5.71. The van der Waals surface area contributed by atoms with Crippen LogP contribution in [0, 0.1) is 0 Å². The summed E-state index contributed by atoms with van der Waals surface area (Å²) < 4.78 is 0. The lowest BCUT2D eigenvalue weighted by Gasteiger charge is -2.09. The third kappa shape index (κ3) is 2.15. The van der Waals surface area contributed by atoms with Gasteiger partial charge in [0.05, 0.1) is 0 Å². The van der Waals surface area contributed by atoms with E-state index in [0.717, 1.165) is 10.9 Å². The molecule has 1 aliphatic rings. The molecule has 0 aliphatic heterocycles. The molecular weight excluding hydrogens is 232 g/mol. The number of nitrogens with zero attached hydrogens (tertiary/aromatic N) is 2. The van der Waals surface area contributed by atoms with E-state index in [1.807, 2.05) is 0 Å². The molecule has 0 saturated carbocycles. The Morgan fingerprint density at radius 3 is 3.12 bits per heavy atom. The molecular formula is C12H14N4S. The van der Waals surface area contributed by atoms with Crippen molar-refractivity contribution in [1.82, 2.24) is 15.2 Å². The molecule has 0 unspecified atom stereocenters. The summed E-state index contributed by atoms with van der Waals surface area (Å²) in [6, 6.07) is 8.70. The van der Waals surface area contributed by atoms with E-state index in [0.29, 0.717) is 11.9 Å². The molecule has 0 bridgehead atoms. The summed E-state index contributed by atoms with van der Waals surface area (Å²) >= 11 is 1.67. The average molecular weight is 246 g/mol. The van der Waals surface area contributed by atoms with Gasteiger partial charge in [0, 0.05) is 5.75 Å². The van der Waals surface area contributed by atoms with Crippen molar-refractivity contribution in [3.05, 3.63) is 35.4 Å². The number of hydrogen-bond donors (Lipinski definition) is 2. The second-order valence-electron chi connectivity index (χ2n) is 4.25. The molecule has 0 spiro atoms. The minimum absolute atomic E-state index is 0.388. The van der Waals surface area contributed by atoms with Crippen molar-refractivity contribution in [2.75, 3.05) is 11.5 Å². The lowest BCUT2D eigenvalue weighted by Crippen LogP contribution is -1.97. The Kier molecular flexibility index (Phi) is 2.76. The zero-order chi connectivity index (χ0) is 11.7. The molecule has 1 aromatic heterocycles. The summed E-state index contributed by atoms with van der Waals surface area (Å²) in [4.78, 5) is 4.10. The van der Waals surface area contributed by atoms with E-state index in [1.165, 1.54) is 24.0 Å². The van der Waals surface area contributed by atoms with Crippen molar-refractivity contribution in [1.29, 1.82) is 0 Å². The third-order valence-electron chi connectivity index (χ3n) is 3.15. The Hall–Kier alpha value is -1.49. The van der Waals surface area contributed by atoms with Crippen molar-refractivity contribution >= 4 is 17.7 Å². The molecule has 88 valence electrons. The smallest absolute Gasteiger partial charge is 0.216 e. The Morgan fingerprint density at radius 2 is 2.29 bits per heavy atom. The number of benzene rings is 1. The molecule has 17 heavy (non-hydrogen) atoms. The van der Waals surface area contributed by atoms with E-state index in [9.17, 15) is 0 Å². The molecule has 1 aliphatic carbocycles. The standard InChI is InChI=1S/C12H14N4S/c13-11-14-12(16-15-11)17-7-9-6-5-8-3-1-2-4-10(8)9/h1-4,9H,5-7H2,(H3,13,14,15,16)/t9-/m1/s1. The van der Waals surface area contributed by atoms with E-state index < -0.39 is 0 Å². The van der Waals surface area contributed by atoms with Gasteiger partial charge in [0.25, 0.3) is 0 Å². The summed E-state index contributed by atoms with van der Waals surface area (Å²) in [5.41, 5.74) is 8.48. The van der Waals surface area contributed by atoms with Gasteiger partial charge < -0.3 is 5.73 Å². The van der Waals surface area contributed by atoms with Crippen LogP contribution in [0.5, 0.6) is 0 Å². The van der Waals surface area contributed by atoms with Crippen LogP contribution in [0.2, 0.25) is 0 Å². The molecule has 1 atom stereocenters. The molecule has 0 radical (unpaired) electrons. The maximum absolute atomic E-state index is 5.50. The Labute approximate surface area is 104 Å². The Morgan fingerprint density at radius 1 is 1.41 bits per heavy atom. The number of nitrogens with one attached hydrogen (secondary N) is 1. The monoisotopic (exact) mass is 246 g/mol. The largest absolute Gasteiger partial charge is 0.368 e. The fraction of sp³-hybridized carbons (Fsp3) is 0.333. The van der Waals surface area contributed by atoms with Crippen LogP contribution in [0.25, 0.3) is 0 Å². The molecule has 2 aromatic rings. The normalized spacial score (nSPS) is 18.2. The molecule has 1 heterocycles. The molecule has 0 amide bonds. The topological polar surface area (TPSA) is 67.6 Å². The van der Waals surface area contributed by atoms with Crippen LogP contribution < -0.4 is 5.73 Å². The third-order valence-corrected chi connectivity index (χ3v) is 4.16. The van der Waals surface area contributed by atoms with E-state index in [4.69, 9.17) is 5.73 Å². The van der Waals surface area contributed by atoms with Gasteiger partial charge in [0.2, 0.25) is 11.1 Å². The summed E-state index contributed by atoms with van der Waals surface area (Å²) in [6.45, 7) is 0. The number of hydrogen-bond acceptors (Lipinski definition) is 4. The highest BCUT2D eigenvalue weighted by Gasteiger charge is 2.22. The highest BCUT2D eigenvalue weighted by Crippen LogP contribution is 2.36. The zero-order valence-corrected chi connectivity index (χ0v) is 10.2. The van der Waals surface area contributed by atoms with Crippen molar-refractivity contribution in [2.45, 2.75) is 23.9 Å². The number of aryl methyl sites for hydroxylation is 1. The molecule has 0 fully saturated rings. The van der Waals surface area contributed by atoms with E-state index in [-0.39, 0.29) is 0 Å². The van der Waals surface area contributed by atoms with Gasteiger partial charge in [-0.1, -0.05) is 36.0 Å². The molecule has 0 saturated heterocycles. The first-order chi connectivity index (χ1) is 8.33. The second kappa shape index (κ2) is 4.41. The molecule has 4 nitrogen and oxygen atoms in total. The second-order valence-corrected chi connectivity index (χ2v) is 5.24. The van der Waals surface area contributed by atoms with Gasteiger partial charge in [-0.25, -0.2) is 5.10 Å². The molecule has 3 N–H and O–H groups in total. The van der Waals surface area contributed by atoms with Crippen LogP contribution in [0.15, 0.2) is 29.4 Å². The highest BCUT2D eigenvalue weighted by molar-refractivity contribution is 7.99. The summed E-state index contributed by atoms with van der Waals surface area (Å²) in [5.74, 6) is 2.03. The fourth-order valence-corrected chi connectivity index (χ4v) is 3.29. The van der Waals surface area contributed by atoms with Crippen molar-refractivity contribution in [2.24, 2.45) is 0 Å². The minimum Gasteiger partial charge on any atom is -0.368 e. The van der Waals surface area contributed by atoms with Crippen LogP contribution in [0.4, 0.5) is 5.95 Å². The number of aromatic nitrogens is 3. The van der Waals surface area contributed by atoms with Crippen LogP contribution >= 0.6 is 11.8 Å². The van der Waals surface area contributed by atoms with Gasteiger partial charge in [-0.05, 0) is 29.9 Å².